The monoisotopic (exact) mass is 329 g/mol. The molecule has 120 valence electrons. The first-order valence-corrected chi connectivity index (χ1v) is 8.15. The quantitative estimate of drug-likeness (QED) is 0.868. The summed E-state index contributed by atoms with van der Waals surface area (Å²) in [4.78, 5) is 16.7. The summed E-state index contributed by atoms with van der Waals surface area (Å²) in [5.74, 6) is -0.0227. The van der Waals surface area contributed by atoms with Crippen LogP contribution in [0.15, 0.2) is 42.5 Å². The van der Waals surface area contributed by atoms with E-state index >= 15 is 0 Å². The highest BCUT2D eigenvalue weighted by atomic mass is 35.5. The molecule has 0 saturated carbocycles. The third kappa shape index (κ3) is 2.92. The fraction of sp³-hybridized carbons (Fsp3) is 0.278. The van der Waals surface area contributed by atoms with Gasteiger partial charge in [0.25, 0.3) is 5.91 Å². The molecule has 0 radical (unpaired) electrons. The van der Waals surface area contributed by atoms with Crippen LogP contribution in [-0.2, 0) is 0 Å². The van der Waals surface area contributed by atoms with Crippen molar-refractivity contribution in [2.45, 2.75) is 12.8 Å². The summed E-state index contributed by atoms with van der Waals surface area (Å²) >= 11 is 6.20. The number of fused-ring (bicyclic) bond motifs is 2. The normalized spacial score (nSPS) is 13.6. The molecule has 0 aromatic heterocycles. The van der Waals surface area contributed by atoms with Gasteiger partial charge in [0, 0.05) is 18.6 Å². The van der Waals surface area contributed by atoms with E-state index < -0.39 is 0 Å². The topological polar surface area (TPSA) is 49.6 Å². The first-order valence-electron chi connectivity index (χ1n) is 7.77. The van der Waals surface area contributed by atoms with E-state index in [2.05, 4.69) is 4.90 Å². The summed E-state index contributed by atoms with van der Waals surface area (Å²) in [5.41, 5.74) is 9.07. The summed E-state index contributed by atoms with van der Waals surface area (Å²) < 4.78 is 0. The minimum atomic E-state index is -0.0227. The molecule has 0 bridgehead atoms. The van der Waals surface area contributed by atoms with Crippen LogP contribution in [0, 0.1) is 0 Å². The highest BCUT2D eigenvalue weighted by Crippen LogP contribution is 2.41. The van der Waals surface area contributed by atoms with Crippen molar-refractivity contribution in [3.05, 3.63) is 53.1 Å². The van der Waals surface area contributed by atoms with Gasteiger partial charge in [-0.3, -0.25) is 4.79 Å². The van der Waals surface area contributed by atoms with Crippen molar-refractivity contribution in [2.75, 3.05) is 29.9 Å². The molecule has 1 aliphatic rings. The van der Waals surface area contributed by atoms with Crippen molar-refractivity contribution < 1.29 is 4.79 Å². The summed E-state index contributed by atoms with van der Waals surface area (Å²) in [5, 5.41) is 0.627. The summed E-state index contributed by atoms with van der Waals surface area (Å²) in [6, 6.07) is 13.4. The molecule has 0 fully saturated rings. The van der Waals surface area contributed by atoms with E-state index in [-0.39, 0.29) is 5.91 Å². The molecule has 3 rings (SSSR count). The second-order valence-corrected chi connectivity index (χ2v) is 6.10. The Bertz CT molecular complexity index is 732. The number of benzene rings is 2. The maximum absolute atomic E-state index is 12.8. The highest BCUT2D eigenvalue weighted by Gasteiger charge is 2.28. The zero-order chi connectivity index (χ0) is 16.4. The number of nitrogens with zero attached hydrogens (tertiary/aromatic N) is 2. The van der Waals surface area contributed by atoms with Gasteiger partial charge in [-0.1, -0.05) is 23.7 Å². The predicted molar refractivity (Wildman–Crippen MR) is 95.9 cm³/mol. The summed E-state index contributed by atoms with van der Waals surface area (Å²) in [6.45, 7) is 1.46. The first-order chi connectivity index (χ1) is 11.1. The molecule has 2 N–H and O–H groups in total. The number of para-hydroxylation sites is 2. The third-order valence-corrected chi connectivity index (χ3v) is 4.39. The SMILES string of the molecule is CN1C(=O)c2ccc(Cl)cc2N(CCCCN)c2ccccc21. The van der Waals surface area contributed by atoms with Gasteiger partial charge in [0.15, 0.2) is 0 Å². The standard InChI is InChI=1S/C18H20ClN3O/c1-21-15-6-2-3-7-16(15)22(11-5-4-10-20)17-12-13(19)8-9-14(17)18(21)23/h2-3,6-9,12H,4-5,10-11,20H2,1H3. The van der Waals surface area contributed by atoms with Crippen molar-refractivity contribution in [1.29, 1.82) is 0 Å². The molecule has 2 aromatic rings. The Morgan fingerprint density at radius 1 is 1.04 bits per heavy atom. The zero-order valence-electron chi connectivity index (χ0n) is 13.1. The van der Waals surface area contributed by atoms with E-state index in [9.17, 15) is 4.79 Å². The van der Waals surface area contributed by atoms with Gasteiger partial charge in [-0.25, -0.2) is 0 Å². The van der Waals surface area contributed by atoms with Crippen molar-refractivity contribution in [1.82, 2.24) is 0 Å². The molecule has 1 aliphatic heterocycles. The van der Waals surface area contributed by atoms with Crippen LogP contribution in [0.3, 0.4) is 0 Å². The second-order valence-electron chi connectivity index (χ2n) is 5.66. The number of hydrogen-bond acceptors (Lipinski definition) is 3. The van der Waals surface area contributed by atoms with Gasteiger partial charge in [-0.2, -0.15) is 0 Å². The van der Waals surface area contributed by atoms with Crippen molar-refractivity contribution >= 4 is 34.6 Å². The maximum Gasteiger partial charge on any atom is 0.260 e. The molecule has 0 unspecified atom stereocenters. The highest BCUT2D eigenvalue weighted by molar-refractivity contribution is 6.31. The molecule has 1 heterocycles. The van der Waals surface area contributed by atoms with Gasteiger partial charge in [0.1, 0.15) is 0 Å². The predicted octanol–water partition coefficient (Wildman–Crippen LogP) is 3.81. The lowest BCUT2D eigenvalue weighted by molar-refractivity contribution is 0.0994. The van der Waals surface area contributed by atoms with Gasteiger partial charge >= 0.3 is 0 Å². The fourth-order valence-corrected chi connectivity index (χ4v) is 3.13. The molecular weight excluding hydrogens is 310 g/mol. The van der Waals surface area contributed by atoms with E-state index in [0.29, 0.717) is 17.1 Å². The van der Waals surface area contributed by atoms with Crippen molar-refractivity contribution in [3.8, 4) is 0 Å². The minimum Gasteiger partial charge on any atom is -0.339 e. The Kier molecular flexibility index (Phi) is 4.55. The minimum absolute atomic E-state index is 0.0227. The van der Waals surface area contributed by atoms with Crippen LogP contribution in [0.2, 0.25) is 5.02 Å². The Morgan fingerprint density at radius 3 is 2.52 bits per heavy atom. The Labute approximate surface area is 141 Å². The average molecular weight is 330 g/mol. The van der Waals surface area contributed by atoms with Crippen molar-refractivity contribution in [2.24, 2.45) is 5.73 Å². The number of unbranched alkanes of at least 4 members (excludes halogenated alkanes) is 1. The number of halogens is 1. The lowest BCUT2D eigenvalue weighted by atomic mass is 10.1. The number of anilines is 3. The molecule has 5 heteroatoms. The Morgan fingerprint density at radius 2 is 1.78 bits per heavy atom. The van der Waals surface area contributed by atoms with E-state index in [1.54, 1.807) is 17.0 Å². The van der Waals surface area contributed by atoms with Gasteiger partial charge in [0.2, 0.25) is 0 Å². The van der Waals surface area contributed by atoms with E-state index in [1.165, 1.54) is 0 Å². The largest absolute Gasteiger partial charge is 0.339 e. The van der Waals surface area contributed by atoms with Gasteiger partial charge in [0.05, 0.1) is 22.6 Å². The molecule has 0 atom stereocenters. The van der Waals surface area contributed by atoms with Crippen LogP contribution in [0.1, 0.15) is 23.2 Å². The van der Waals surface area contributed by atoms with E-state index in [1.807, 2.05) is 37.4 Å². The van der Waals surface area contributed by atoms with Gasteiger partial charge < -0.3 is 15.5 Å². The van der Waals surface area contributed by atoms with Crippen LogP contribution < -0.4 is 15.5 Å². The molecule has 2 aromatic carbocycles. The van der Waals surface area contributed by atoms with E-state index in [4.69, 9.17) is 17.3 Å². The number of nitrogens with two attached hydrogens (primary N) is 1. The van der Waals surface area contributed by atoms with Crippen molar-refractivity contribution in [3.63, 3.8) is 0 Å². The van der Waals surface area contributed by atoms with E-state index in [0.717, 1.165) is 36.4 Å². The molecule has 0 saturated heterocycles. The summed E-state index contributed by atoms with van der Waals surface area (Å²) in [6.07, 6.45) is 1.90. The van der Waals surface area contributed by atoms with Gasteiger partial charge in [-0.05, 0) is 49.7 Å². The smallest absolute Gasteiger partial charge is 0.260 e. The molecule has 4 nitrogen and oxygen atoms in total. The lowest BCUT2D eigenvalue weighted by Gasteiger charge is -2.26. The fourth-order valence-electron chi connectivity index (χ4n) is 2.96. The molecule has 0 aliphatic carbocycles. The Hall–Kier alpha value is -2.04. The lowest BCUT2D eigenvalue weighted by Crippen LogP contribution is -2.25. The molecule has 0 spiro atoms. The number of amides is 1. The summed E-state index contributed by atoms with van der Waals surface area (Å²) in [7, 11) is 1.81. The second kappa shape index (κ2) is 6.60. The van der Waals surface area contributed by atoms with Gasteiger partial charge in [-0.15, -0.1) is 0 Å². The first kappa shape index (κ1) is 15.8. The zero-order valence-corrected chi connectivity index (χ0v) is 13.9. The maximum atomic E-state index is 12.8. The van der Waals surface area contributed by atoms with Crippen LogP contribution >= 0.6 is 11.6 Å². The van der Waals surface area contributed by atoms with Crippen LogP contribution in [0.25, 0.3) is 0 Å². The number of rotatable bonds is 4. The number of hydrogen-bond donors (Lipinski definition) is 1. The van der Waals surface area contributed by atoms with Crippen LogP contribution in [0.5, 0.6) is 0 Å². The number of carbonyl (C=O) groups is 1. The Balaban J connectivity index is 2.16. The number of carbonyl (C=O) groups excluding carboxylic acids is 1. The molecular formula is C18H20ClN3O. The van der Waals surface area contributed by atoms with Crippen LogP contribution in [-0.4, -0.2) is 26.0 Å². The molecule has 23 heavy (non-hydrogen) atoms. The van der Waals surface area contributed by atoms with Crippen LogP contribution in [0.4, 0.5) is 17.1 Å². The average Bonchev–Trinajstić information content (AvgIpc) is 2.65. The third-order valence-electron chi connectivity index (χ3n) is 4.16. The molecule has 1 amide bonds.